The number of nitrogens with one attached hydrogen (secondary N) is 1. The van der Waals surface area contributed by atoms with Crippen LogP contribution in [0.5, 0.6) is 5.75 Å². The minimum Gasteiger partial charge on any atom is -0.491 e. The maximum atomic E-state index is 6.04. The van der Waals surface area contributed by atoms with Gasteiger partial charge >= 0.3 is 0 Å². The topological polar surface area (TPSA) is 47.3 Å². The Kier molecular flexibility index (Phi) is 7.45. The van der Waals surface area contributed by atoms with Gasteiger partial charge in [-0.15, -0.1) is 0 Å². The number of benzene rings is 1. The number of rotatable bonds is 9. The summed E-state index contributed by atoms with van der Waals surface area (Å²) in [4.78, 5) is 0. The largest absolute Gasteiger partial charge is 0.491 e. The molecule has 0 spiro atoms. The van der Waals surface area contributed by atoms with Gasteiger partial charge in [0.15, 0.2) is 0 Å². The van der Waals surface area contributed by atoms with Crippen molar-refractivity contribution in [2.45, 2.75) is 53.0 Å². The van der Waals surface area contributed by atoms with Crippen molar-refractivity contribution < 1.29 is 4.74 Å². The summed E-state index contributed by atoms with van der Waals surface area (Å²) < 4.78 is 5.69. The summed E-state index contributed by atoms with van der Waals surface area (Å²) >= 11 is 0. The highest BCUT2D eigenvalue weighted by Gasteiger charge is 2.04. The van der Waals surface area contributed by atoms with Crippen molar-refractivity contribution in [3.63, 3.8) is 0 Å². The van der Waals surface area contributed by atoms with E-state index in [0.29, 0.717) is 18.6 Å². The van der Waals surface area contributed by atoms with E-state index in [9.17, 15) is 0 Å². The molecule has 0 saturated heterocycles. The highest BCUT2D eigenvalue weighted by atomic mass is 16.5. The monoisotopic (exact) mass is 278 g/mol. The summed E-state index contributed by atoms with van der Waals surface area (Å²) in [6.45, 7) is 10.5. The lowest BCUT2D eigenvalue weighted by molar-refractivity contribution is 0.272. The molecular formula is C17H30N2O. The van der Waals surface area contributed by atoms with Crippen LogP contribution in [0, 0.1) is 5.92 Å². The summed E-state index contributed by atoms with van der Waals surface area (Å²) in [7, 11) is 0. The van der Waals surface area contributed by atoms with Gasteiger partial charge in [-0.25, -0.2) is 0 Å². The molecule has 3 nitrogen and oxygen atoms in total. The lowest BCUT2D eigenvalue weighted by Crippen LogP contribution is -2.26. The SMILES string of the molecule is CCC(C)NCCCc1ccc(OCC(C)C)c(N)c1. The first-order chi connectivity index (χ1) is 9.52. The molecule has 0 saturated carbocycles. The number of anilines is 1. The molecule has 0 bridgehead atoms. The minimum absolute atomic E-state index is 0.515. The number of hydrogen-bond acceptors (Lipinski definition) is 3. The van der Waals surface area contributed by atoms with Crippen LogP contribution in [0.3, 0.4) is 0 Å². The molecule has 3 heteroatoms. The van der Waals surface area contributed by atoms with Gasteiger partial charge in [0.25, 0.3) is 0 Å². The van der Waals surface area contributed by atoms with Crippen LogP contribution in [0.4, 0.5) is 5.69 Å². The van der Waals surface area contributed by atoms with Gasteiger partial charge in [-0.3, -0.25) is 0 Å². The molecule has 3 N–H and O–H groups in total. The first kappa shape index (κ1) is 16.8. The number of nitrogens with two attached hydrogens (primary N) is 1. The molecule has 0 fully saturated rings. The molecule has 1 rings (SSSR count). The molecule has 0 radical (unpaired) electrons. The Morgan fingerprint density at radius 1 is 1.25 bits per heavy atom. The van der Waals surface area contributed by atoms with Gasteiger partial charge in [0.2, 0.25) is 0 Å². The summed E-state index contributed by atoms with van der Waals surface area (Å²) in [6, 6.07) is 6.76. The van der Waals surface area contributed by atoms with Crippen molar-refractivity contribution >= 4 is 5.69 Å². The molecule has 1 aromatic carbocycles. The fraction of sp³-hybridized carbons (Fsp3) is 0.647. The number of aryl methyl sites for hydroxylation is 1. The van der Waals surface area contributed by atoms with E-state index in [0.717, 1.165) is 30.8 Å². The van der Waals surface area contributed by atoms with E-state index >= 15 is 0 Å². The molecule has 1 unspecified atom stereocenters. The molecule has 1 aromatic rings. The van der Waals surface area contributed by atoms with Crippen LogP contribution in [0.1, 0.15) is 46.1 Å². The van der Waals surface area contributed by atoms with Gasteiger partial charge < -0.3 is 15.8 Å². The van der Waals surface area contributed by atoms with E-state index in [4.69, 9.17) is 10.5 Å². The summed E-state index contributed by atoms with van der Waals surface area (Å²) in [5, 5.41) is 3.51. The van der Waals surface area contributed by atoms with Gasteiger partial charge in [0.1, 0.15) is 5.75 Å². The Morgan fingerprint density at radius 2 is 2.00 bits per heavy atom. The van der Waals surface area contributed by atoms with E-state index in [2.05, 4.69) is 39.1 Å². The molecule has 0 aliphatic rings. The highest BCUT2D eigenvalue weighted by molar-refractivity contribution is 5.54. The second-order valence-corrected chi connectivity index (χ2v) is 5.94. The first-order valence-electron chi connectivity index (χ1n) is 7.77. The Hall–Kier alpha value is -1.22. The first-order valence-corrected chi connectivity index (χ1v) is 7.77. The average Bonchev–Trinajstić information content (AvgIpc) is 2.42. The fourth-order valence-electron chi connectivity index (χ4n) is 1.93. The predicted octanol–water partition coefficient (Wildman–Crippen LogP) is 3.62. The van der Waals surface area contributed by atoms with Crippen LogP contribution >= 0.6 is 0 Å². The van der Waals surface area contributed by atoms with Gasteiger partial charge in [0.05, 0.1) is 12.3 Å². The molecule has 114 valence electrons. The number of nitrogen functional groups attached to an aromatic ring is 1. The quantitative estimate of drug-likeness (QED) is 0.536. The predicted molar refractivity (Wildman–Crippen MR) is 87.3 cm³/mol. The molecular weight excluding hydrogens is 248 g/mol. The van der Waals surface area contributed by atoms with Crippen molar-refractivity contribution in [3.8, 4) is 5.75 Å². The molecule has 0 heterocycles. The standard InChI is InChI=1S/C17H30N2O/c1-5-14(4)19-10-6-7-15-8-9-17(16(18)11-15)20-12-13(2)3/h8-9,11,13-14,19H,5-7,10,12,18H2,1-4H3. The number of ether oxygens (including phenoxy) is 1. The van der Waals surface area contributed by atoms with Crippen molar-refractivity contribution in [1.29, 1.82) is 0 Å². The molecule has 20 heavy (non-hydrogen) atoms. The Balaban J connectivity index is 2.39. The summed E-state index contributed by atoms with van der Waals surface area (Å²) in [5.74, 6) is 1.32. The lowest BCUT2D eigenvalue weighted by Gasteiger charge is -2.13. The normalized spacial score (nSPS) is 12.7. The van der Waals surface area contributed by atoms with Crippen LogP contribution in [0.2, 0.25) is 0 Å². The van der Waals surface area contributed by atoms with Gasteiger partial charge in [-0.2, -0.15) is 0 Å². The van der Waals surface area contributed by atoms with Crippen LogP contribution in [-0.4, -0.2) is 19.2 Å². The third-order valence-electron chi connectivity index (χ3n) is 3.39. The van der Waals surface area contributed by atoms with Crippen molar-refractivity contribution in [3.05, 3.63) is 23.8 Å². The van der Waals surface area contributed by atoms with Crippen LogP contribution in [-0.2, 0) is 6.42 Å². The van der Waals surface area contributed by atoms with Gasteiger partial charge in [0, 0.05) is 6.04 Å². The molecule has 0 amide bonds. The Labute approximate surface area is 123 Å². The zero-order chi connectivity index (χ0) is 15.0. The van der Waals surface area contributed by atoms with Gasteiger partial charge in [-0.05, 0) is 56.3 Å². The zero-order valence-corrected chi connectivity index (χ0v) is 13.4. The Bertz CT molecular complexity index is 391. The molecule has 0 aliphatic heterocycles. The van der Waals surface area contributed by atoms with E-state index < -0.39 is 0 Å². The average molecular weight is 278 g/mol. The Morgan fingerprint density at radius 3 is 2.60 bits per heavy atom. The van der Waals surface area contributed by atoms with E-state index in [1.807, 2.05) is 12.1 Å². The third-order valence-corrected chi connectivity index (χ3v) is 3.39. The second kappa shape index (κ2) is 8.85. The smallest absolute Gasteiger partial charge is 0.142 e. The molecule has 0 aromatic heterocycles. The van der Waals surface area contributed by atoms with Crippen molar-refractivity contribution in [2.75, 3.05) is 18.9 Å². The second-order valence-electron chi connectivity index (χ2n) is 5.94. The van der Waals surface area contributed by atoms with Crippen LogP contribution in [0.15, 0.2) is 18.2 Å². The third kappa shape index (κ3) is 6.29. The molecule has 0 aliphatic carbocycles. The van der Waals surface area contributed by atoms with E-state index in [1.54, 1.807) is 0 Å². The maximum Gasteiger partial charge on any atom is 0.142 e. The van der Waals surface area contributed by atoms with E-state index in [-0.39, 0.29) is 0 Å². The fourth-order valence-corrected chi connectivity index (χ4v) is 1.93. The minimum atomic E-state index is 0.515. The summed E-state index contributed by atoms with van der Waals surface area (Å²) in [5.41, 5.74) is 8.07. The number of hydrogen-bond donors (Lipinski definition) is 2. The zero-order valence-electron chi connectivity index (χ0n) is 13.4. The molecule has 1 atom stereocenters. The summed E-state index contributed by atoms with van der Waals surface area (Å²) in [6.07, 6.45) is 3.36. The highest BCUT2D eigenvalue weighted by Crippen LogP contribution is 2.23. The van der Waals surface area contributed by atoms with Gasteiger partial charge in [-0.1, -0.05) is 26.8 Å². The maximum absolute atomic E-state index is 6.04. The lowest BCUT2D eigenvalue weighted by atomic mass is 10.1. The van der Waals surface area contributed by atoms with Crippen LogP contribution in [0.25, 0.3) is 0 Å². The van der Waals surface area contributed by atoms with Crippen molar-refractivity contribution in [2.24, 2.45) is 5.92 Å². The van der Waals surface area contributed by atoms with Crippen LogP contribution < -0.4 is 15.8 Å². The van der Waals surface area contributed by atoms with E-state index in [1.165, 1.54) is 12.0 Å². The van der Waals surface area contributed by atoms with Crippen molar-refractivity contribution in [1.82, 2.24) is 5.32 Å².